The maximum absolute atomic E-state index is 2.57. The average Bonchev–Trinajstić information content (AvgIpc) is 2.73. The molecule has 6 atom stereocenters. The smallest absolute Gasteiger partial charge is 0.0323 e. The summed E-state index contributed by atoms with van der Waals surface area (Å²) in [5.41, 5.74) is 0. The number of rotatable bonds is 2. The molecule has 5 rings (SSSR count). The van der Waals surface area contributed by atoms with E-state index in [1.54, 1.807) is 96.3 Å². The standard InChI is InChI=1S/C28H48/c1-19-14-16-21(17-15-19)27-23-10-3-5-12-25(23)28(22-9-7-8-20(2)18-22)26-13-6-4-11-24(26)27/h19-28H,3-18H2,1-2H3. The lowest BCUT2D eigenvalue weighted by molar-refractivity contribution is -0.114. The van der Waals surface area contributed by atoms with Crippen molar-refractivity contribution in [3.05, 3.63) is 0 Å². The van der Waals surface area contributed by atoms with Crippen molar-refractivity contribution in [3.63, 3.8) is 0 Å². The van der Waals surface area contributed by atoms with Crippen molar-refractivity contribution in [3.8, 4) is 0 Å². The molecule has 0 radical (unpaired) electrons. The largest absolute Gasteiger partial charge is 0.0625 e. The average molecular weight is 385 g/mol. The molecule has 28 heavy (non-hydrogen) atoms. The van der Waals surface area contributed by atoms with Crippen molar-refractivity contribution in [2.24, 2.45) is 59.2 Å². The molecule has 0 aromatic rings. The fourth-order valence-electron chi connectivity index (χ4n) is 9.82. The van der Waals surface area contributed by atoms with Gasteiger partial charge in [0.05, 0.1) is 0 Å². The van der Waals surface area contributed by atoms with Crippen molar-refractivity contribution in [1.29, 1.82) is 0 Å². The van der Waals surface area contributed by atoms with E-state index in [0.29, 0.717) is 0 Å². The van der Waals surface area contributed by atoms with Crippen LogP contribution in [0.3, 0.4) is 0 Å². The molecule has 0 aromatic heterocycles. The van der Waals surface area contributed by atoms with Gasteiger partial charge in [-0.05, 0) is 104 Å². The fourth-order valence-corrected chi connectivity index (χ4v) is 9.82. The minimum Gasteiger partial charge on any atom is -0.0625 e. The van der Waals surface area contributed by atoms with E-state index in [1.165, 1.54) is 6.42 Å². The summed E-state index contributed by atoms with van der Waals surface area (Å²) < 4.78 is 0. The lowest BCUT2D eigenvalue weighted by Crippen LogP contribution is -2.53. The Morgan fingerprint density at radius 1 is 0.393 bits per heavy atom. The topological polar surface area (TPSA) is 0 Å². The van der Waals surface area contributed by atoms with Crippen LogP contribution in [0.25, 0.3) is 0 Å². The van der Waals surface area contributed by atoms with E-state index in [4.69, 9.17) is 0 Å². The quantitative estimate of drug-likeness (QED) is 0.447. The highest BCUT2D eigenvalue weighted by atomic mass is 14.6. The Hall–Kier alpha value is 0. The highest BCUT2D eigenvalue weighted by Crippen LogP contribution is 2.62. The van der Waals surface area contributed by atoms with E-state index >= 15 is 0 Å². The summed E-state index contributed by atoms with van der Waals surface area (Å²) in [5, 5.41) is 0. The Bertz CT molecular complexity index is 476. The van der Waals surface area contributed by atoms with E-state index in [0.717, 1.165) is 59.2 Å². The third-order valence-electron chi connectivity index (χ3n) is 10.9. The molecule has 0 aromatic carbocycles. The van der Waals surface area contributed by atoms with Crippen LogP contribution in [0.1, 0.15) is 117 Å². The molecule has 5 saturated carbocycles. The molecule has 5 aliphatic carbocycles. The Morgan fingerprint density at radius 3 is 1.39 bits per heavy atom. The number of hydrogen-bond acceptors (Lipinski definition) is 0. The maximum atomic E-state index is 2.57. The van der Waals surface area contributed by atoms with Crippen LogP contribution in [0.4, 0.5) is 0 Å². The Labute approximate surface area is 176 Å². The van der Waals surface area contributed by atoms with Gasteiger partial charge in [-0.25, -0.2) is 0 Å². The molecular formula is C28H48. The van der Waals surface area contributed by atoms with E-state index in [1.807, 2.05) is 0 Å². The van der Waals surface area contributed by atoms with Crippen LogP contribution in [0, 0.1) is 59.2 Å². The van der Waals surface area contributed by atoms with Crippen LogP contribution < -0.4 is 0 Å². The zero-order valence-corrected chi connectivity index (χ0v) is 19.1. The van der Waals surface area contributed by atoms with Gasteiger partial charge < -0.3 is 0 Å². The first-order valence-corrected chi connectivity index (χ1v) is 13.7. The SMILES string of the molecule is CC1CCC(C2C3CCCCC3C(C3CCCC(C)C3)C3CCCCC32)CC1. The zero-order valence-electron chi connectivity index (χ0n) is 19.1. The van der Waals surface area contributed by atoms with Crippen molar-refractivity contribution in [2.45, 2.75) is 117 Å². The van der Waals surface area contributed by atoms with Crippen LogP contribution >= 0.6 is 0 Å². The van der Waals surface area contributed by atoms with Gasteiger partial charge in [-0.1, -0.05) is 71.6 Å². The van der Waals surface area contributed by atoms with Crippen LogP contribution in [-0.4, -0.2) is 0 Å². The zero-order chi connectivity index (χ0) is 19.1. The normalized spacial score (nSPS) is 52.5. The maximum Gasteiger partial charge on any atom is -0.0323 e. The Kier molecular flexibility index (Phi) is 6.14. The van der Waals surface area contributed by atoms with E-state index in [9.17, 15) is 0 Å². The molecule has 160 valence electrons. The highest BCUT2D eigenvalue weighted by molar-refractivity contribution is 5.03. The van der Waals surface area contributed by atoms with Gasteiger partial charge >= 0.3 is 0 Å². The summed E-state index contributed by atoms with van der Waals surface area (Å²) in [6.07, 6.45) is 25.2. The highest BCUT2D eigenvalue weighted by Gasteiger charge is 2.54. The molecule has 5 aliphatic rings. The summed E-state index contributed by atoms with van der Waals surface area (Å²) in [4.78, 5) is 0. The summed E-state index contributed by atoms with van der Waals surface area (Å²) in [6, 6.07) is 0. The first-order chi connectivity index (χ1) is 13.7. The second-order valence-electron chi connectivity index (χ2n) is 12.4. The van der Waals surface area contributed by atoms with Gasteiger partial charge in [0, 0.05) is 0 Å². The van der Waals surface area contributed by atoms with E-state index in [-0.39, 0.29) is 0 Å². The van der Waals surface area contributed by atoms with Gasteiger partial charge in [-0.15, -0.1) is 0 Å². The summed E-state index contributed by atoms with van der Waals surface area (Å²) in [5.74, 6) is 11.0. The molecule has 5 fully saturated rings. The van der Waals surface area contributed by atoms with Crippen molar-refractivity contribution in [2.75, 3.05) is 0 Å². The molecule has 0 bridgehead atoms. The third kappa shape index (κ3) is 3.73. The minimum atomic E-state index is 1.01. The lowest BCUT2D eigenvalue weighted by atomic mass is 9.45. The second-order valence-corrected chi connectivity index (χ2v) is 12.4. The van der Waals surface area contributed by atoms with E-state index < -0.39 is 0 Å². The molecule has 0 nitrogen and oxygen atoms in total. The summed E-state index contributed by atoms with van der Waals surface area (Å²) in [7, 11) is 0. The molecule has 0 heteroatoms. The molecular weight excluding hydrogens is 336 g/mol. The van der Waals surface area contributed by atoms with Gasteiger partial charge in [0.25, 0.3) is 0 Å². The van der Waals surface area contributed by atoms with Gasteiger partial charge in [-0.3, -0.25) is 0 Å². The third-order valence-corrected chi connectivity index (χ3v) is 10.9. The lowest BCUT2D eigenvalue weighted by Gasteiger charge is -2.60. The molecule has 0 spiro atoms. The Balaban J connectivity index is 1.44. The van der Waals surface area contributed by atoms with Gasteiger partial charge in [-0.2, -0.15) is 0 Å². The molecule has 0 aliphatic heterocycles. The predicted molar refractivity (Wildman–Crippen MR) is 120 cm³/mol. The van der Waals surface area contributed by atoms with Gasteiger partial charge in [0.1, 0.15) is 0 Å². The number of hydrogen-bond donors (Lipinski definition) is 0. The van der Waals surface area contributed by atoms with Crippen LogP contribution in [0.2, 0.25) is 0 Å². The molecule has 0 saturated heterocycles. The molecule has 0 N–H and O–H groups in total. The first kappa shape index (κ1) is 19.9. The van der Waals surface area contributed by atoms with Gasteiger partial charge in [0.15, 0.2) is 0 Å². The van der Waals surface area contributed by atoms with Gasteiger partial charge in [0.2, 0.25) is 0 Å². The van der Waals surface area contributed by atoms with Crippen LogP contribution in [-0.2, 0) is 0 Å². The number of fused-ring (bicyclic) bond motifs is 2. The van der Waals surface area contributed by atoms with Crippen LogP contribution in [0.5, 0.6) is 0 Å². The monoisotopic (exact) mass is 384 g/mol. The Morgan fingerprint density at radius 2 is 0.893 bits per heavy atom. The van der Waals surface area contributed by atoms with Crippen molar-refractivity contribution in [1.82, 2.24) is 0 Å². The first-order valence-electron chi connectivity index (χ1n) is 13.7. The van der Waals surface area contributed by atoms with E-state index in [2.05, 4.69) is 13.8 Å². The molecule has 6 unspecified atom stereocenters. The second kappa shape index (κ2) is 8.63. The fraction of sp³-hybridized carbons (Fsp3) is 1.00. The summed E-state index contributed by atoms with van der Waals surface area (Å²) in [6.45, 7) is 5.09. The molecule has 0 amide bonds. The van der Waals surface area contributed by atoms with Crippen molar-refractivity contribution < 1.29 is 0 Å². The van der Waals surface area contributed by atoms with Crippen LogP contribution in [0.15, 0.2) is 0 Å². The molecule has 0 heterocycles. The minimum absolute atomic E-state index is 1.01. The van der Waals surface area contributed by atoms with Crippen molar-refractivity contribution >= 4 is 0 Å². The predicted octanol–water partition coefficient (Wildman–Crippen LogP) is 8.50. The summed E-state index contributed by atoms with van der Waals surface area (Å²) >= 11 is 0.